The molecule has 3 heterocycles. The number of cyclic esters (lactones) is 1. The number of benzene rings is 1. The smallest absolute Gasteiger partial charge is 0.410 e. The van der Waals surface area contributed by atoms with Gasteiger partial charge in [-0.05, 0) is 39.2 Å². The Morgan fingerprint density at radius 1 is 1.31 bits per heavy atom. The van der Waals surface area contributed by atoms with Crippen LogP contribution in [0.3, 0.4) is 0 Å². The number of nitrogens with zero attached hydrogens (tertiary/aromatic N) is 1. The zero-order chi connectivity index (χ0) is 18.7. The normalized spacial score (nSPS) is 27.0. The second-order valence-electron chi connectivity index (χ2n) is 8.57. The molecule has 6 nitrogen and oxygen atoms in total. The minimum Gasteiger partial charge on any atom is -0.492 e. The highest BCUT2D eigenvalue weighted by Crippen LogP contribution is 2.51. The molecule has 2 atom stereocenters. The zero-order valence-electron chi connectivity index (χ0n) is 15.8. The Balaban J connectivity index is 1.58. The third-order valence-electron chi connectivity index (χ3n) is 5.76. The molecule has 0 radical (unpaired) electrons. The van der Waals surface area contributed by atoms with E-state index in [4.69, 9.17) is 14.2 Å². The summed E-state index contributed by atoms with van der Waals surface area (Å²) in [5, 5.41) is 0. The average molecular weight is 359 g/mol. The number of esters is 1. The molecule has 1 saturated heterocycles. The van der Waals surface area contributed by atoms with Gasteiger partial charge in [-0.1, -0.05) is 13.0 Å². The van der Waals surface area contributed by atoms with Crippen LogP contribution in [-0.4, -0.2) is 42.3 Å². The van der Waals surface area contributed by atoms with Crippen molar-refractivity contribution in [3.8, 4) is 5.75 Å². The van der Waals surface area contributed by atoms with E-state index in [1.54, 1.807) is 4.90 Å². The summed E-state index contributed by atoms with van der Waals surface area (Å²) in [7, 11) is 0. The summed E-state index contributed by atoms with van der Waals surface area (Å²) in [6.45, 7) is 9.92. The van der Waals surface area contributed by atoms with Crippen LogP contribution < -0.4 is 4.74 Å². The molecule has 26 heavy (non-hydrogen) atoms. The number of hydrogen-bond donors (Lipinski definition) is 0. The Labute approximate surface area is 153 Å². The molecule has 140 valence electrons. The lowest BCUT2D eigenvalue weighted by atomic mass is 9.67. The Morgan fingerprint density at radius 2 is 2.08 bits per heavy atom. The highest BCUT2D eigenvalue weighted by Gasteiger charge is 2.50. The molecule has 2 unspecified atom stereocenters. The van der Waals surface area contributed by atoms with Gasteiger partial charge in [-0.3, -0.25) is 0 Å². The van der Waals surface area contributed by atoms with Crippen LogP contribution in [-0.2, 0) is 21.5 Å². The number of ether oxygens (including phenoxy) is 3. The topological polar surface area (TPSA) is 65.1 Å². The lowest BCUT2D eigenvalue weighted by Crippen LogP contribution is -2.52. The van der Waals surface area contributed by atoms with E-state index in [2.05, 4.69) is 6.92 Å². The van der Waals surface area contributed by atoms with E-state index < -0.39 is 5.60 Å². The van der Waals surface area contributed by atoms with E-state index >= 15 is 0 Å². The minimum absolute atomic E-state index is 0.130. The van der Waals surface area contributed by atoms with Gasteiger partial charge in [0.1, 0.15) is 18.0 Å². The van der Waals surface area contributed by atoms with Gasteiger partial charge in [0, 0.05) is 29.6 Å². The fourth-order valence-corrected chi connectivity index (χ4v) is 4.30. The van der Waals surface area contributed by atoms with Crippen molar-refractivity contribution in [2.45, 2.75) is 51.7 Å². The lowest BCUT2D eigenvalue weighted by molar-refractivity contribution is 0.00542. The molecule has 1 aromatic carbocycles. The van der Waals surface area contributed by atoms with Crippen molar-refractivity contribution in [3.63, 3.8) is 0 Å². The first-order valence-electron chi connectivity index (χ1n) is 9.15. The molecule has 3 aliphatic rings. The average Bonchev–Trinajstić information content (AvgIpc) is 3.11. The number of amides is 1. The third kappa shape index (κ3) is 2.54. The number of piperidine rings is 1. The highest BCUT2D eigenvalue weighted by atomic mass is 16.6. The van der Waals surface area contributed by atoms with Crippen molar-refractivity contribution in [2.24, 2.45) is 5.92 Å². The summed E-state index contributed by atoms with van der Waals surface area (Å²) in [6.07, 6.45) is 0.555. The van der Waals surface area contributed by atoms with Crippen LogP contribution in [0.15, 0.2) is 12.1 Å². The summed E-state index contributed by atoms with van der Waals surface area (Å²) < 4.78 is 16.7. The molecule has 1 spiro atoms. The third-order valence-corrected chi connectivity index (χ3v) is 5.76. The van der Waals surface area contributed by atoms with Crippen LogP contribution in [0.5, 0.6) is 5.75 Å². The van der Waals surface area contributed by atoms with Crippen molar-refractivity contribution in [1.29, 1.82) is 0 Å². The van der Waals surface area contributed by atoms with Crippen LogP contribution >= 0.6 is 0 Å². The van der Waals surface area contributed by atoms with Gasteiger partial charge in [-0.25, -0.2) is 9.59 Å². The molecule has 0 bridgehead atoms. The Bertz CT molecular complexity index is 781. The molecule has 0 aromatic heterocycles. The molecular weight excluding hydrogens is 334 g/mol. The number of rotatable bonds is 0. The van der Waals surface area contributed by atoms with Gasteiger partial charge in [0.2, 0.25) is 0 Å². The molecule has 0 N–H and O–H groups in total. The first kappa shape index (κ1) is 17.2. The van der Waals surface area contributed by atoms with Crippen molar-refractivity contribution >= 4 is 12.1 Å². The van der Waals surface area contributed by atoms with Crippen LogP contribution in [0.1, 0.15) is 55.6 Å². The second-order valence-corrected chi connectivity index (χ2v) is 8.57. The van der Waals surface area contributed by atoms with E-state index in [-0.39, 0.29) is 30.0 Å². The summed E-state index contributed by atoms with van der Waals surface area (Å²) >= 11 is 0. The van der Waals surface area contributed by atoms with Crippen molar-refractivity contribution in [1.82, 2.24) is 4.90 Å². The van der Waals surface area contributed by atoms with Gasteiger partial charge < -0.3 is 19.1 Å². The van der Waals surface area contributed by atoms with E-state index in [1.165, 1.54) is 0 Å². The van der Waals surface area contributed by atoms with E-state index in [0.29, 0.717) is 25.3 Å². The Kier molecular flexibility index (Phi) is 3.72. The van der Waals surface area contributed by atoms with Crippen molar-refractivity contribution < 1.29 is 23.8 Å². The quantitative estimate of drug-likeness (QED) is 0.665. The van der Waals surface area contributed by atoms with E-state index in [1.807, 2.05) is 32.9 Å². The number of carbonyl (C=O) groups is 2. The molecule has 0 saturated carbocycles. The first-order chi connectivity index (χ1) is 12.2. The van der Waals surface area contributed by atoms with Crippen molar-refractivity contribution in [2.75, 3.05) is 19.7 Å². The van der Waals surface area contributed by atoms with Crippen LogP contribution in [0.2, 0.25) is 0 Å². The summed E-state index contributed by atoms with van der Waals surface area (Å²) in [4.78, 5) is 26.0. The van der Waals surface area contributed by atoms with Gasteiger partial charge in [-0.15, -0.1) is 0 Å². The molecular formula is C20H25NO5. The summed E-state index contributed by atoms with van der Waals surface area (Å²) in [6, 6.07) is 3.86. The Morgan fingerprint density at radius 3 is 2.77 bits per heavy atom. The van der Waals surface area contributed by atoms with E-state index in [0.717, 1.165) is 23.3 Å². The molecule has 6 heteroatoms. The van der Waals surface area contributed by atoms with Crippen LogP contribution in [0.25, 0.3) is 0 Å². The predicted octanol–water partition coefficient (Wildman–Crippen LogP) is 3.26. The first-order valence-corrected chi connectivity index (χ1v) is 9.15. The molecule has 0 aliphatic carbocycles. The standard InChI is InChI=1S/C20H25NO5/c1-12-9-21(18(23)26-19(2,3)4)8-7-20(12)11-25-16-14-10-24-17(22)13(14)5-6-15(16)20/h5-6,12H,7-11H2,1-4H3. The van der Waals surface area contributed by atoms with E-state index in [9.17, 15) is 9.59 Å². The second kappa shape index (κ2) is 5.63. The Hall–Kier alpha value is -2.24. The number of hydrogen-bond acceptors (Lipinski definition) is 5. The number of carbonyl (C=O) groups excluding carboxylic acids is 2. The van der Waals surface area contributed by atoms with Gasteiger partial charge in [0.15, 0.2) is 0 Å². The maximum Gasteiger partial charge on any atom is 0.410 e. The number of likely N-dealkylation sites (tertiary alicyclic amines) is 1. The molecule has 3 aliphatic heterocycles. The SMILES string of the molecule is CC1CN(C(=O)OC(C)(C)C)CCC12COc1c2ccc2c1COC2=O. The number of fused-ring (bicyclic) bond motifs is 4. The van der Waals surface area contributed by atoms with Gasteiger partial charge in [-0.2, -0.15) is 0 Å². The molecule has 1 amide bonds. The minimum atomic E-state index is -0.494. The fourth-order valence-electron chi connectivity index (χ4n) is 4.30. The van der Waals surface area contributed by atoms with Crippen molar-refractivity contribution in [3.05, 3.63) is 28.8 Å². The van der Waals surface area contributed by atoms with Gasteiger partial charge >= 0.3 is 12.1 Å². The highest BCUT2D eigenvalue weighted by molar-refractivity contribution is 5.94. The van der Waals surface area contributed by atoms with Gasteiger partial charge in [0.25, 0.3) is 0 Å². The zero-order valence-corrected chi connectivity index (χ0v) is 15.8. The monoisotopic (exact) mass is 359 g/mol. The maximum atomic E-state index is 12.4. The van der Waals surface area contributed by atoms with Crippen LogP contribution in [0.4, 0.5) is 4.79 Å². The summed E-state index contributed by atoms with van der Waals surface area (Å²) in [5.41, 5.74) is 2.00. The van der Waals surface area contributed by atoms with Gasteiger partial charge in [0.05, 0.1) is 12.2 Å². The fraction of sp³-hybridized carbons (Fsp3) is 0.600. The largest absolute Gasteiger partial charge is 0.492 e. The molecule has 1 fully saturated rings. The maximum absolute atomic E-state index is 12.4. The molecule has 4 rings (SSSR count). The van der Waals surface area contributed by atoms with Crippen LogP contribution in [0, 0.1) is 5.92 Å². The predicted molar refractivity (Wildman–Crippen MR) is 94.3 cm³/mol. The lowest BCUT2D eigenvalue weighted by Gasteiger charge is -2.43. The summed E-state index contributed by atoms with van der Waals surface area (Å²) in [5.74, 6) is 0.757. The molecule has 1 aromatic rings.